The molecule has 0 heterocycles. The molecule has 0 atom stereocenters. The first-order valence-electron chi connectivity index (χ1n) is 5.56. The Hall–Kier alpha value is -1.12. The average Bonchev–Trinajstić information content (AvgIpc) is 2.25. The van der Waals surface area contributed by atoms with E-state index in [1.54, 1.807) is 0 Å². The van der Waals surface area contributed by atoms with Crippen molar-refractivity contribution in [1.82, 2.24) is 0 Å². The van der Waals surface area contributed by atoms with E-state index in [2.05, 4.69) is 4.74 Å². The molecule has 0 aromatic heterocycles. The van der Waals surface area contributed by atoms with Gasteiger partial charge in [0, 0.05) is 12.0 Å². The minimum Gasteiger partial charge on any atom is -0.466 e. The highest BCUT2D eigenvalue weighted by atomic mass is 16.5. The molecule has 1 aliphatic carbocycles. The number of allylic oxidation sites excluding steroid dienone is 1. The number of ketones is 1. The van der Waals surface area contributed by atoms with Crippen molar-refractivity contribution in [1.29, 1.82) is 0 Å². The van der Waals surface area contributed by atoms with Gasteiger partial charge in [0.1, 0.15) is 0 Å². The zero-order chi connectivity index (χ0) is 11.1. The van der Waals surface area contributed by atoms with Crippen LogP contribution in [-0.4, -0.2) is 18.9 Å². The lowest BCUT2D eigenvalue weighted by Crippen LogP contribution is -2.08. The third kappa shape index (κ3) is 4.28. The summed E-state index contributed by atoms with van der Waals surface area (Å²) in [4.78, 5) is 22.8. The van der Waals surface area contributed by atoms with Crippen LogP contribution in [0.5, 0.6) is 0 Å². The van der Waals surface area contributed by atoms with Crippen LogP contribution in [-0.2, 0) is 14.3 Å². The quantitative estimate of drug-likeness (QED) is 0.624. The predicted octanol–water partition coefficient (Wildman–Crippen LogP) is 2.40. The molecule has 0 saturated carbocycles. The van der Waals surface area contributed by atoms with Crippen molar-refractivity contribution in [2.75, 3.05) is 7.11 Å². The van der Waals surface area contributed by atoms with Gasteiger partial charge in [-0.1, -0.05) is 19.3 Å². The Morgan fingerprint density at radius 1 is 1.13 bits per heavy atom. The summed E-state index contributed by atoms with van der Waals surface area (Å²) in [5.41, 5.74) is 0.532. The summed E-state index contributed by atoms with van der Waals surface area (Å²) in [7, 11) is 1.35. The Kier molecular flexibility index (Phi) is 5.08. The zero-order valence-corrected chi connectivity index (χ0v) is 9.25. The van der Waals surface area contributed by atoms with Gasteiger partial charge in [-0.05, 0) is 25.3 Å². The van der Waals surface area contributed by atoms with Crippen LogP contribution >= 0.6 is 0 Å². The topological polar surface area (TPSA) is 43.4 Å². The van der Waals surface area contributed by atoms with Gasteiger partial charge in [-0.3, -0.25) is 4.79 Å². The van der Waals surface area contributed by atoms with Crippen molar-refractivity contribution < 1.29 is 14.3 Å². The predicted molar refractivity (Wildman–Crippen MR) is 57.4 cm³/mol. The van der Waals surface area contributed by atoms with E-state index in [-0.39, 0.29) is 11.8 Å². The lowest BCUT2D eigenvalue weighted by molar-refractivity contribution is -0.136. The lowest BCUT2D eigenvalue weighted by atomic mass is 10.00. The van der Waals surface area contributed by atoms with Crippen molar-refractivity contribution in [2.24, 2.45) is 0 Å². The van der Waals surface area contributed by atoms with Crippen molar-refractivity contribution in [3.63, 3.8) is 0 Å². The van der Waals surface area contributed by atoms with Crippen LogP contribution in [0.4, 0.5) is 0 Å². The molecular formula is C12H18O3. The molecule has 0 aromatic rings. The summed E-state index contributed by atoms with van der Waals surface area (Å²) in [5.74, 6) is -0.304. The third-order valence-corrected chi connectivity index (χ3v) is 2.65. The fraction of sp³-hybridized carbons (Fsp3) is 0.667. The lowest BCUT2D eigenvalue weighted by Gasteiger charge is -2.07. The molecule has 3 nitrogen and oxygen atoms in total. The van der Waals surface area contributed by atoms with Crippen LogP contribution in [0, 0.1) is 0 Å². The van der Waals surface area contributed by atoms with E-state index in [1.165, 1.54) is 13.2 Å². The summed E-state index contributed by atoms with van der Waals surface area (Å²) in [6.07, 6.45) is 7.99. The van der Waals surface area contributed by atoms with E-state index in [9.17, 15) is 9.59 Å². The van der Waals surface area contributed by atoms with Crippen molar-refractivity contribution in [2.45, 2.75) is 44.9 Å². The largest absolute Gasteiger partial charge is 0.466 e. The van der Waals surface area contributed by atoms with Crippen LogP contribution in [0.25, 0.3) is 0 Å². The maximum atomic E-state index is 11.4. The molecule has 0 spiro atoms. The molecule has 1 rings (SSSR count). The molecule has 0 fully saturated rings. The second kappa shape index (κ2) is 6.38. The van der Waals surface area contributed by atoms with Crippen LogP contribution < -0.4 is 0 Å². The summed E-state index contributed by atoms with van der Waals surface area (Å²) in [6.45, 7) is 0. The van der Waals surface area contributed by atoms with Gasteiger partial charge in [0.25, 0.3) is 0 Å². The molecule has 0 saturated heterocycles. The third-order valence-electron chi connectivity index (χ3n) is 2.65. The van der Waals surface area contributed by atoms with Crippen LogP contribution in [0.1, 0.15) is 44.9 Å². The molecule has 15 heavy (non-hydrogen) atoms. The second-order valence-corrected chi connectivity index (χ2v) is 3.90. The number of esters is 1. The van der Waals surface area contributed by atoms with Gasteiger partial charge in [-0.25, -0.2) is 4.79 Å². The van der Waals surface area contributed by atoms with Gasteiger partial charge < -0.3 is 4.74 Å². The van der Waals surface area contributed by atoms with Gasteiger partial charge in [-0.2, -0.15) is 0 Å². The average molecular weight is 210 g/mol. The van der Waals surface area contributed by atoms with E-state index in [4.69, 9.17) is 0 Å². The van der Waals surface area contributed by atoms with Crippen molar-refractivity contribution in [3.05, 3.63) is 11.6 Å². The normalized spacial score (nSPS) is 22.7. The Balaban J connectivity index is 2.68. The standard InChI is InChI=1S/C12H18O3/c1-15-12(14)10-7-5-3-2-4-6-8-11(13)9-10/h9H,2-8H2,1H3/b10-9+. The first-order chi connectivity index (χ1) is 7.24. The number of hydrogen-bond acceptors (Lipinski definition) is 3. The van der Waals surface area contributed by atoms with Crippen LogP contribution in [0.3, 0.4) is 0 Å². The number of methoxy groups -OCH3 is 1. The number of rotatable bonds is 1. The highest BCUT2D eigenvalue weighted by molar-refractivity contribution is 5.99. The minimum atomic E-state index is -0.357. The van der Waals surface area contributed by atoms with Gasteiger partial charge in [-0.15, -0.1) is 0 Å². The monoisotopic (exact) mass is 210 g/mol. The highest BCUT2D eigenvalue weighted by Crippen LogP contribution is 2.16. The number of carbonyl (C=O) groups excluding carboxylic acids is 2. The molecule has 0 N–H and O–H groups in total. The molecule has 0 radical (unpaired) electrons. The van der Waals surface area contributed by atoms with Gasteiger partial charge in [0.15, 0.2) is 5.78 Å². The van der Waals surface area contributed by atoms with E-state index >= 15 is 0 Å². The Labute approximate surface area is 90.5 Å². The van der Waals surface area contributed by atoms with Crippen LogP contribution in [0.2, 0.25) is 0 Å². The maximum Gasteiger partial charge on any atom is 0.333 e. The molecule has 84 valence electrons. The molecule has 0 aliphatic heterocycles. The molecule has 0 unspecified atom stereocenters. The Morgan fingerprint density at radius 3 is 2.40 bits per heavy atom. The van der Waals surface area contributed by atoms with E-state index in [0.29, 0.717) is 18.4 Å². The molecule has 0 bridgehead atoms. The van der Waals surface area contributed by atoms with E-state index in [0.717, 1.165) is 32.1 Å². The number of ether oxygens (including phenoxy) is 1. The number of carbonyl (C=O) groups is 2. The summed E-state index contributed by atoms with van der Waals surface area (Å²) in [6, 6.07) is 0. The first kappa shape index (κ1) is 12.0. The highest BCUT2D eigenvalue weighted by Gasteiger charge is 2.12. The molecule has 0 amide bonds. The summed E-state index contributed by atoms with van der Waals surface area (Å²) < 4.78 is 4.65. The van der Waals surface area contributed by atoms with Gasteiger partial charge in [0.05, 0.1) is 7.11 Å². The zero-order valence-electron chi connectivity index (χ0n) is 9.25. The van der Waals surface area contributed by atoms with E-state index < -0.39 is 0 Å². The smallest absolute Gasteiger partial charge is 0.333 e. The summed E-state index contributed by atoms with van der Waals surface area (Å²) >= 11 is 0. The Morgan fingerprint density at radius 2 is 1.73 bits per heavy atom. The van der Waals surface area contributed by atoms with Gasteiger partial charge >= 0.3 is 5.97 Å². The van der Waals surface area contributed by atoms with Crippen molar-refractivity contribution in [3.8, 4) is 0 Å². The fourth-order valence-electron chi connectivity index (χ4n) is 1.78. The molecule has 0 aromatic carbocycles. The maximum absolute atomic E-state index is 11.4. The van der Waals surface area contributed by atoms with Crippen molar-refractivity contribution >= 4 is 11.8 Å². The fourth-order valence-corrected chi connectivity index (χ4v) is 1.78. The minimum absolute atomic E-state index is 0.0531. The Bertz CT molecular complexity index is 266. The second-order valence-electron chi connectivity index (χ2n) is 3.90. The van der Waals surface area contributed by atoms with Crippen LogP contribution in [0.15, 0.2) is 11.6 Å². The SMILES string of the molecule is COC(=O)/C1=C/C(=O)CCCCCCC1. The van der Waals surface area contributed by atoms with Gasteiger partial charge in [0.2, 0.25) is 0 Å². The molecule has 1 aliphatic rings. The number of hydrogen-bond donors (Lipinski definition) is 0. The van der Waals surface area contributed by atoms with E-state index in [1.807, 2.05) is 0 Å². The summed E-state index contributed by atoms with van der Waals surface area (Å²) in [5, 5.41) is 0. The molecular weight excluding hydrogens is 192 g/mol. The molecule has 3 heteroatoms. The first-order valence-corrected chi connectivity index (χ1v) is 5.56.